The summed E-state index contributed by atoms with van der Waals surface area (Å²) in [6.45, 7) is 0. The number of anilines is 1. The molecule has 0 aromatic heterocycles. The van der Waals surface area contributed by atoms with Crippen LogP contribution in [-0.2, 0) is 20.4 Å². The van der Waals surface area contributed by atoms with Crippen LogP contribution >= 0.6 is 0 Å². The second-order valence-electron chi connectivity index (χ2n) is 4.78. The lowest BCUT2D eigenvalue weighted by Crippen LogP contribution is -2.31. The van der Waals surface area contributed by atoms with Gasteiger partial charge in [0, 0.05) is 11.9 Å². The number of hydrogen-bond acceptors (Lipinski definition) is 4. The summed E-state index contributed by atoms with van der Waals surface area (Å²) in [6.07, 6.45) is 2.42. The van der Waals surface area contributed by atoms with Gasteiger partial charge in [-0.1, -0.05) is 12.1 Å². The largest absolute Gasteiger partial charge is 0.480 e. The van der Waals surface area contributed by atoms with Crippen molar-refractivity contribution in [1.82, 2.24) is 0 Å². The van der Waals surface area contributed by atoms with Crippen molar-refractivity contribution >= 4 is 21.5 Å². The Labute approximate surface area is 106 Å². The SMILES string of the molecule is CS(=O)(=O)Cc1ccc(NC2(C(=O)O)CC2)cc1. The molecule has 0 heterocycles. The Morgan fingerprint density at radius 3 is 2.28 bits per heavy atom. The van der Waals surface area contributed by atoms with Gasteiger partial charge in [0.2, 0.25) is 0 Å². The minimum absolute atomic E-state index is 0.00263. The fraction of sp³-hybridized carbons (Fsp3) is 0.417. The summed E-state index contributed by atoms with van der Waals surface area (Å²) in [6, 6.07) is 6.82. The Balaban J connectivity index is 2.07. The summed E-state index contributed by atoms with van der Waals surface area (Å²) in [5, 5.41) is 12.0. The van der Waals surface area contributed by atoms with Crippen LogP contribution in [0.15, 0.2) is 24.3 Å². The summed E-state index contributed by atoms with van der Waals surface area (Å²) in [7, 11) is -3.04. The van der Waals surface area contributed by atoms with E-state index in [0.717, 1.165) is 0 Å². The highest BCUT2D eigenvalue weighted by molar-refractivity contribution is 7.89. The summed E-state index contributed by atoms with van der Waals surface area (Å²) >= 11 is 0. The van der Waals surface area contributed by atoms with Gasteiger partial charge in [-0.05, 0) is 30.5 Å². The van der Waals surface area contributed by atoms with Gasteiger partial charge in [0.25, 0.3) is 0 Å². The molecule has 18 heavy (non-hydrogen) atoms. The fourth-order valence-electron chi connectivity index (χ4n) is 1.78. The molecule has 0 atom stereocenters. The minimum Gasteiger partial charge on any atom is -0.480 e. The van der Waals surface area contributed by atoms with Crippen LogP contribution in [0.5, 0.6) is 0 Å². The first-order valence-electron chi connectivity index (χ1n) is 5.59. The predicted molar refractivity (Wildman–Crippen MR) is 68.2 cm³/mol. The molecule has 0 radical (unpaired) electrons. The lowest BCUT2D eigenvalue weighted by Gasteiger charge is -2.14. The molecule has 0 aliphatic heterocycles. The van der Waals surface area contributed by atoms with Crippen molar-refractivity contribution in [3.63, 3.8) is 0 Å². The third-order valence-electron chi connectivity index (χ3n) is 2.93. The molecule has 6 heteroatoms. The molecule has 2 N–H and O–H groups in total. The zero-order valence-corrected chi connectivity index (χ0v) is 10.8. The van der Waals surface area contributed by atoms with Gasteiger partial charge in [-0.3, -0.25) is 0 Å². The third-order valence-corrected chi connectivity index (χ3v) is 3.78. The maximum atomic E-state index is 11.1. The number of carboxylic acids is 1. The van der Waals surface area contributed by atoms with E-state index in [1.807, 2.05) is 0 Å². The number of carboxylic acid groups (broad SMARTS) is 1. The van der Waals surface area contributed by atoms with Gasteiger partial charge in [-0.25, -0.2) is 13.2 Å². The van der Waals surface area contributed by atoms with Crippen LogP contribution in [0.4, 0.5) is 5.69 Å². The number of hydrogen-bond donors (Lipinski definition) is 2. The molecule has 1 aromatic carbocycles. The maximum absolute atomic E-state index is 11.1. The topological polar surface area (TPSA) is 83.5 Å². The van der Waals surface area contributed by atoms with Gasteiger partial charge in [0.15, 0.2) is 9.84 Å². The molecule has 1 aliphatic carbocycles. The van der Waals surface area contributed by atoms with E-state index < -0.39 is 21.3 Å². The number of nitrogens with one attached hydrogen (secondary N) is 1. The lowest BCUT2D eigenvalue weighted by molar-refractivity contribution is -0.138. The smallest absolute Gasteiger partial charge is 0.329 e. The van der Waals surface area contributed by atoms with Gasteiger partial charge in [0.05, 0.1) is 5.75 Å². The predicted octanol–water partition coefficient (Wildman–Crippen LogP) is 1.26. The Morgan fingerprint density at radius 2 is 1.89 bits per heavy atom. The van der Waals surface area contributed by atoms with E-state index in [-0.39, 0.29) is 5.75 Å². The number of benzene rings is 1. The molecule has 0 unspecified atom stereocenters. The van der Waals surface area contributed by atoms with Gasteiger partial charge in [0.1, 0.15) is 5.54 Å². The standard InChI is InChI=1S/C12H15NO4S/c1-18(16,17)8-9-2-4-10(5-3-9)13-12(6-7-12)11(14)15/h2-5,13H,6-8H2,1H3,(H,14,15). The Morgan fingerprint density at radius 1 is 1.33 bits per heavy atom. The maximum Gasteiger partial charge on any atom is 0.329 e. The monoisotopic (exact) mass is 269 g/mol. The van der Waals surface area contributed by atoms with Gasteiger partial charge in [-0.15, -0.1) is 0 Å². The molecular weight excluding hydrogens is 254 g/mol. The summed E-state index contributed by atoms with van der Waals surface area (Å²) in [4.78, 5) is 11.0. The Kier molecular flexibility index (Phi) is 3.06. The normalized spacial score (nSPS) is 17.2. The molecule has 1 saturated carbocycles. The third kappa shape index (κ3) is 3.01. The minimum atomic E-state index is -3.04. The number of aliphatic carboxylic acids is 1. The lowest BCUT2D eigenvalue weighted by atomic mass is 10.2. The van der Waals surface area contributed by atoms with Crippen LogP contribution in [0.2, 0.25) is 0 Å². The highest BCUT2D eigenvalue weighted by Gasteiger charge is 2.50. The van der Waals surface area contributed by atoms with Crippen molar-refractivity contribution in [2.45, 2.75) is 24.1 Å². The number of sulfone groups is 1. The van der Waals surface area contributed by atoms with Crippen molar-refractivity contribution in [2.75, 3.05) is 11.6 Å². The zero-order chi connectivity index (χ0) is 13.4. The zero-order valence-electron chi connectivity index (χ0n) is 10.0. The highest BCUT2D eigenvalue weighted by atomic mass is 32.2. The molecule has 0 bridgehead atoms. The van der Waals surface area contributed by atoms with Crippen LogP contribution < -0.4 is 5.32 Å². The van der Waals surface area contributed by atoms with Crippen LogP contribution in [0.3, 0.4) is 0 Å². The van der Waals surface area contributed by atoms with Gasteiger partial charge in [-0.2, -0.15) is 0 Å². The average molecular weight is 269 g/mol. The first-order chi connectivity index (χ1) is 8.31. The van der Waals surface area contributed by atoms with E-state index in [0.29, 0.717) is 24.1 Å². The molecule has 0 spiro atoms. The van der Waals surface area contributed by atoms with Gasteiger partial charge < -0.3 is 10.4 Å². The molecule has 0 amide bonds. The summed E-state index contributed by atoms with van der Waals surface area (Å²) < 4.78 is 22.2. The molecule has 98 valence electrons. The van der Waals surface area contributed by atoms with E-state index in [1.54, 1.807) is 24.3 Å². The first-order valence-corrected chi connectivity index (χ1v) is 7.65. The second-order valence-corrected chi connectivity index (χ2v) is 6.92. The summed E-state index contributed by atoms with van der Waals surface area (Å²) in [5.41, 5.74) is 0.577. The molecule has 2 rings (SSSR count). The Hall–Kier alpha value is -1.56. The molecule has 1 aliphatic rings. The quantitative estimate of drug-likeness (QED) is 0.840. The van der Waals surface area contributed by atoms with Crippen molar-refractivity contribution in [2.24, 2.45) is 0 Å². The van der Waals surface area contributed by atoms with E-state index >= 15 is 0 Å². The van der Waals surface area contributed by atoms with E-state index in [1.165, 1.54) is 6.26 Å². The average Bonchev–Trinajstić information content (AvgIpc) is 3.00. The molecule has 0 saturated heterocycles. The van der Waals surface area contributed by atoms with Crippen molar-refractivity contribution in [3.05, 3.63) is 29.8 Å². The molecular formula is C12H15NO4S. The molecule has 1 aromatic rings. The second kappa shape index (κ2) is 4.28. The van der Waals surface area contributed by atoms with Crippen LogP contribution in [0.1, 0.15) is 18.4 Å². The van der Waals surface area contributed by atoms with E-state index in [9.17, 15) is 13.2 Å². The van der Waals surface area contributed by atoms with E-state index in [4.69, 9.17) is 5.11 Å². The molecule has 1 fully saturated rings. The fourth-order valence-corrected chi connectivity index (χ4v) is 2.58. The Bertz CT molecular complexity index is 558. The number of rotatable bonds is 5. The van der Waals surface area contributed by atoms with Crippen molar-refractivity contribution in [3.8, 4) is 0 Å². The first kappa shape index (κ1) is 12.9. The van der Waals surface area contributed by atoms with Crippen molar-refractivity contribution in [1.29, 1.82) is 0 Å². The van der Waals surface area contributed by atoms with Crippen molar-refractivity contribution < 1.29 is 18.3 Å². The highest BCUT2D eigenvalue weighted by Crippen LogP contribution is 2.39. The van der Waals surface area contributed by atoms with Gasteiger partial charge >= 0.3 is 5.97 Å². The number of carbonyl (C=O) groups is 1. The molecule has 5 nitrogen and oxygen atoms in total. The van der Waals surface area contributed by atoms with E-state index in [2.05, 4.69) is 5.32 Å². The van der Waals surface area contributed by atoms with Crippen LogP contribution in [-0.4, -0.2) is 31.3 Å². The van der Waals surface area contributed by atoms with Crippen LogP contribution in [0.25, 0.3) is 0 Å². The summed E-state index contributed by atoms with van der Waals surface area (Å²) in [5.74, 6) is -0.847. The van der Waals surface area contributed by atoms with Crippen LogP contribution in [0, 0.1) is 0 Å².